The molecule has 2 fully saturated rings. The Kier molecular flexibility index (Phi) is 3.86. The van der Waals surface area contributed by atoms with Gasteiger partial charge in [0.25, 0.3) is 0 Å². The average Bonchev–Trinajstić information content (AvgIpc) is 2.44. The van der Waals surface area contributed by atoms with Crippen LogP contribution in [0.15, 0.2) is 0 Å². The maximum Gasteiger partial charge on any atom is 0.0571 e. The summed E-state index contributed by atoms with van der Waals surface area (Å²) in [7, 11) is 0. The minimum atomic E-state index is 0.0283. The van der Waals surface area contributed by atoms with Crippen molar-refractivity contribution in [2.45, 2.75) is 70.3 Å². The van der Waals surface area contributed by atoms with Crippen molar-refractivity contribution in [1.29, 1.82) is 0 Å². The van der Waals surface area contributed by atoms with Crippen molar-refractivity contribution in [1.82, 2.24) is 0 Å². The van der Waals surface area contributed by atoms with Gasteiger partial charge in [-0.1, -0.05) is 51.4 Å². The van der Waals surface area contributed by atoms with Gasteiger partial charge in [0.15, 0.2) is 0 Å². The fraction of sp³-hybridized carbons (Fsp3) is 1.00. The smallest absolute Gasteiger partial charge is 0.0571 e. The number of hydrogen-bond acceptors (Lipinski definition) is 1. The lowest BCUT2D eigenvalue weighted by atomic mass is 9.75. The molecule has 1 nitrogen and oxygen atoms in total. The summed E-state index contributed by atoms with van der Waals surface area (Å²) in [6.07, 6.45) is 13.4. The highest BCUT2D eigenvalue weighted by atomic mass is 16.3. The predicted molar refractivity (Wildman–Crippen MR) is 59.2 cm³/mol. The molecule has 0 saturated heterocycles. The van der Waals surface area contributed by atoms with E-state index in [2.05, 4.69) is 0 Å². The number of aliphatic hydroxyl groups is 1. The van der Waals surface area contributed by atoms with E-state index >= 15 is 0 Å². The van der Waals surface area contributed by atoms with E-state index in [1.54, 1.807) is 0 Å². The molecule has 1 heteroatoms. The monoisotopic (exact) mass is 196 g/mol. The summed E-state index contributed by atoms with van der Waals surface area (Å²) in [5.74, 6) is 1.51. The van der Waals surface area contributed by atoms with E-state index in [0.29, 0.717) is 5.92 Å². The molecule has 0 aliphatic heterocycles. The zero-order valence-corrected chi connectivity index (χ0v) is 9.25. The molecule has 14 heavy (non-hydrogen) atoms. The van der Waals surface area contributed by atoms with Crippen LogP contribution < -0.4 is 0 Å². The van der Waals surface area contributed by atoms with E-state index < -0.39 is 0 Å². The van der Waals surface area contributed by atoms with E-state index in [-0.39, 0.29) is 6.10 Å². The van der Waals surface area contributed by atoms with Crippen molar-refractivity contribution >= 4 is 0 Å². The maximum absolute atomic E-state index is 10.1. The third-order valence-corrected chi connectivity index (χ3v) is 4.29. The standard InChI is InChI=1S/C13H24O/c14-13-10-6-2-5-9-12(13)11-7-3-1-4-8-11/h11-14H,1-10H2. The van der Waals surface area contributed by atoms with Crippen molar-refractivity contribution in [3.05, 3.63) is 0 Å². The van der Waals surface area contributed by atoms with Gasteiger partial charge >= 0.3 is 0 Å². The Hall–Kier alpha value is -0.0400. The molecule has 1 N–H and O–H groups in total. The van der Waals surface area contributed by atoms with Gasteiger partial charge in [-0.3, -0.25) is 0 Å². The Balaban J connectivity index is 1.91. The van der Waals surface area contributed by atoms with E-state index in [1.807, 2.05) is 0 Å². The zero-order valence-electron chi connectivity index (χ0n) is 9.25. The van der Waals surface area contributed by atoms with Crippen molar-refractivity contribution < 1.29 is 5.11 Å². The lowest BCUT2D eigenvalue weighted by Gasteiger charge is -2.32. The average molecular weight is 196 g/mol. The molecule has 2 saturated carbocycles. The van der Waals surface area contributed by atoms with E-state index in [9.17, 15) is 5.11 Å². The van der Waals surface area contributed by atoms with Crippen LogP contribution in [0.5, 0.6) is 0 Å². The second-order valence-corrected chi connectivity index (χ2v) is 5.27. The maximum atomic E-state index is 10.1. The molecule has 0 heterocycles. The van der Waals surface area contributed by atoms with Crippen molar-refractivity contribution in [2.75, 3.05) is 0 Å². The molecule has 2 rings (SSSR count). The predicted octanol–water partition coefficient (Wildman–Crippen LogP) is 3.51. The van der Waals surface area contributed by atoms with Crippen LogP contribution in [0.2, 0.25) is 0 Å². The van der Waals surface area contributed by atoms with Gasteiger partial charge in [0.05, 0.1) is 6.10 Å². The highest BCUT2D eigenvalue weighted by Crippen LogP contribution is 2.37. The van der Waals surface area contributed by atoms with Crippen molar-refractivity contribution in [2.24, 2.45) is 11.8 Å². The minimum Gasteiger partial charge on any atom is -0.393 e. The van der Waals surface area contributed by atoms with Crippen molar-refractivity contribution in [3.8, 4) is 0 Å². The van der Waals surface area contributed by atoms with Crippen LogP contribution >= 0.6 is 0 Å². The molecule has 0 aromatic carbocycles. The third-order valence-electron chi connectivity index (χ3n) is 4.29. The van der Waals surface area contributed by atoms with E-state index in [1.165, 1.54) is 57.8 Å². The molecule has 2 atom stereocenters. The number of rotatable bonds is 1. The molecule has 2 aliphatic carbocycles. The summed E-state index contributed by atoms with van der Waals surface area (Å²) >= 11 is 0. The van der Waals surface area contributed by atoms with Gasteiger partial charge in [0.1, 0.15) is 0 Å². The zero-order chi connectivity index (χ0) is 9.80. The normalized spacial score (nSPS) is 36.6. The van der Waals surface area contributed by atoms with E-state index in [4.69, 9.17) is 0 Å². The molecule has 0 spiro atoms. The van der Waals surface area contributed by atoms with Crippen LogP contribution in [0.25, 0.3) is 0 Å². The van der Waals surface area contributed by atoms with Crippen molar-refractivity contribution in [3.63, 3.8) is 0 Å². The topological polar surface area (TPSA) is 20.2 Å². The van der Waals surface area contributed by atoms with Gasteiger partial charge in [0.2, 0.25) is 0 Å². The molecular formula is C13H24O. The summed E-state index contributed by atoms with van der Waals surface area (Å²) in [4.78, 5) is 0. The summed E-state index contributed by atoms with van der Waals surface area (Å²) in [6, 6.07) is 0. The molecule has 0 aromatic rings. The van der Waals surface area contributed by atoms with Crippen LogP contribution in [-0.2, 0) is 0 Å². The molecule has 0 amide bonds. The first kappa shape index (κ1) is 10.5. The Labute approximate surface area is 87.9 Å². The lowest BCUT2D eigenvalue weighted by Crippen LogP contribution is -2.28. The second-order valence-electron chi connectivity index (χ2n) is 5.27. The Morgan fingerprint density at radius 3 is 1.93 bits per heavy atom. The van der Waals surface area contributed by atoms with Crippen LogP contribution in [-0.4, -0.2) is 11.2 Å². The molecule has 0 aromatic heterocycles. The largest absolute Gasteiger partial charge is 0.393 e. The highest BCUT2D eigenvalue weighted by molar-refractivity contribution is 4.81. The molecule has 82 valence electrons. The van der Waals surface area contributed by atoms with E-state index in [0.717, 1.165) is 12.3 Å². The fourth-order valence-corrected chi connectivity index (χ4v) is 3.43. The van der Waals surface area contributed by atoms with Gasteiger partial charge in [-0.2, -0.15) is 0 Å². The summed E-state index contributed by atoms with van der Waals surface area (Å²) in [5.41, 5.74) is 0. The first-order valence-corrected chi connectivity index (χ1v) is 6.56. The van der Waals surface area contributed by atoms with Gasteiger partial charge < -0.3 is 5.11 Å². The number of hydrogen-bond donors (Lipinski definition) is 1. The molecular weight excluding hydrogens is 172 g/mol. The van der Waals surface area contributed by atoms with Crippen LogP contribution in [0.3, 0.4) is 0 Å². The summed E-state index contributed by atoms with van der Waals surface area (Å²) < 4.78 is 0. The first-order valence-electron chi connectivity index (χ1n) is 6.56. The highest BCUT2D eigenvalue weighted by Gasteiger charge is 2.29. The van der Waals surface area contributed by atoms with Crippen LogP contribution in [0.4, 0.5) is 0 Å². The Morgan fingerprint density at radius 2 is 1.21 bits per heavy atom. The first-order chi connectivity index (χ1) is 6.88. The SMILES string of the molecule is OC1CCCCCC1C1CCCCC1. The van der Waals surface area contributed by atoms with Gasteiger partial charge in [-0.25, -0.2) is 0 Å². The molecule has 2 unspecified atom stereocenters. The molecule has 0 radical (unpaired) electrons. The third kappa shape index (κ3) is 2.50. The number of aliphatic hydroxyl groups excluding tert-OH is 1. The Bertz CT molecular complexity index is 161. The van der Waals surface area contributed by atoms with Gasteiger partial charge in [0, 0.05) is 0 Å². The minimum absolute atomic E-state index is 0.0283. The molecule has 2 aliphatic rings. The second kappa shape index (κ2) is 5.16. The quantitative estimate of drug-likeness (QED) is 0.636. The summed E-state index contributed by atoms with van der Waals surface area (Å²) in [5, 5.41) is 10.1. The van der Waals surface area contributed by atoms with Gasteiger partial charge in [-0.15, -0.1) is 0 Å². The van der Waals surface area contributed by atoms with Crippen LogP contribution in [0.1, 0.15) is 64.2 Å². The van der Waals surface area contributed by atoms with Crippen LogP contribution in [0, 0.1) is 11.8 Å². The fourth-order valence-electron chi connectivity index (χ4n) is 3.43. The Morgan fingerprint density at radius 1 is 0.643 bits per heavy atom. The lowest BCUT2D eigenvalue weighted by molar-refractivity contribution is 0.0530. The summed E-state index contributed by atoms with van der Waals surface area (Å²) in [6.45, 7) is 0. The van der Waals surface area contributed by atoms with Gasteiger partial charge in [-0.05, 0) is 24.7 Å². The molecule has 0 bridgehead atoms.